The lowest BCUT2D eigenvalue weighted by Gasteiger charge is -2.34. The predicted octanol–water partition coefficient (Wildman–Crippen LogP) is 0.227. The third kappa shape index (κ3) is 2.96. The number of carbonyl (C=O) groups excluding carboxylic acids is 1. The maximum Gasteiger partial charge on any atom is 0.271 e. The van der Waals surface area contributed by atoms with Crippen molar-refractivity contribution in [2.45, 2.75) is 43.5 Å². The van der Waals surface area contributed by atoms with Gasteiger partial charge >= 0.3 is 0 Å². The van der Waals surface area contributed by atoms with Crippen molar-refractivity contribution in [1.29, 1.82) is 0 Å². The van der Waals surface area contributed by atoms with Crippen LogP contribution in [0.5, 0.6) is 0 Å². The molecule has 1 N–H and O–H groups in total. The van der Waals surface area contributed by atoms with Crippen molar-refractivity contribution in [3.05, 3.63) is 24.3 Å². The van der Waals surface area contributed by atoms with E-state index in [1.165, 1.54) is 12.4 Å². The highest BCUT2D eigenvalue weighted by molar-refractivity contribution is 5.92. The summed E-state index contributed by atoms with van der Waals surface area (Å²) in [6, 6.07) is 0.820. The summed E-state index contributed by atoms with van der Waals surface area (Å²) in [7, 11) is 0. The van der Waals surface area contributed by atoms with Crippen LogP contribution >= 0.6 is 0 Å². The van der Waals surface area contributed by atoms with Crippen LogP contribution in [0.2, 0.25) is 0 Å². The molecule has 4 rings (SSSR count). The van der Waals surface area contributed by atoms with Crippen molar-refractivity contribution in [3.63, 3.8) is 0 Å². The van der Waals surface area contributed by atoms with Gasteiger partial charge in [0.1, 0.15) is 5.69 Å². The SMILES string of the molecule is O=C(N[C@@H]1CN(C2CCOC2)[C@@H]2CCCO[C@@H]21)c1cnccn1. The fourth-order valence-corrected chi connectivity index (χ4v) is 3.98. The maximum atomic E-state index is 12.4. The van der Waals surface area contributed by atoms with Crippen molar-refractivity contribution in [2.75, 3.05) is 26.4 Å². The standard InChI is InChI=1S/C16H22N4O3/c21-16(12-8-17-4-5-18-12)19-13-9-20(11-3-7-22-10-11)14-2-1-6-23-15(13)14/h4-5,8,11,13-15H,1-3,6-7,9-10H2,(H,19,21)/t11?,13-,14-,15-/m1/s1. The van der Waals surface area contributed by atoms with E-state index in [0.29, 0.717) is 17.8 Å². The Balaban J connectivity index is 1.48. The molecule has 3 aliphatic rings. The second-order valence-electron chi connectivity index (χ2n) is 6.43. The highest BCUT2D eigenvalue weighted by atomic mass is 16.5. The Kier molecular flexibility index (Phi) is 4.24. The summed E-state index contributed by atoms with van der Waals surface area (Å²) in [5, 5.41) is 3.10. The van der Waals surface area contributed by atoms with Gasteiger partial charge in [-0.2, -0.15) is 0 Å². The van der Waals surface area contributed by atoms with E-state index in [1.807, 2.05) is 0 Å². The number of fused-ring (bicyclic) bond motifs is 1. The second kappa shape index (κ2) is 6.51. The third-order valence-electron chi connectivity index (χ3n) is 5.05. The normalized spacial score (nSPS) is 34.3. The first-order chi connectivity index (χ1) is 11.3. The number of ether oxygens (including phenoxy) is 2. The van der Waals surface area contributed by atoms with E-state index in [4.69, 9.17) is 9.47 Å². The number of aromatic nitrogens is 2. The van der Waals surface area contributed by atoms with E-state index in [-0.39, 0.29) is 18.1 Å². The minimum absolute atomic E-state index is 0.00425. The summed E-state index contributed by atoms with van der Waals surface area (Å²) >= 11 is 0. The fourth-order valence-electron chi connectivity index (χ4n) is 3.98. The van der Waals surface area contributed by atoms with Crippen molar-refractivity contribution < 1.29 is 14.3 Å². The van der Waals surface area contributed by atoms with Gasteiger partial charge in [0.05, 0.1) is 24.9 Å². The van der Waals surface area contributed by atoms with Crippen molar-refractivity contribution in [3.8, 4) is 0 Å². The number of amides is 1. The lowest BCUT2D eigenvalue weighted by Crippen LogP contribution is -2.48. The molecule has 0 spiro atoms. The minimum Gasteiger partial charge on any atom is -0.380 e. The summed E-state index contributed by atoms with van der Waals surface area (Å²) < 4.78 is 11.6. The maximum absolute atomic E-state index is 12.4. The highest BCUT2D eigenvalue weighted by Gasteiger charge is 2.47. The average Bonchev–Trinajstić information content (AvgIpc) is 3.24. The number of nitrogens with one attached hydrogen (secondary N) is 1. The van der Waals surface area contributed by atoms with Crippen LogP contribution in [0.1, 0.15) is 29.8 Å². The molecule has 3 saturated heterocycles. The lowest BCUT2D eigenvalue weighted by molar-refractivity contribution is -0.0270. The molecule has 3 fully saturated rings. The van der Waals surface area contributed by atoms with Crippen LogP contribution in [0.3, 0.4) is 0 Å². The molecule has 1 aromatic heterocycles. The zero-order valence-electron chi connectivity index (χ0n) is 13.1. The van der Waals surface area contributed by atoms with Crippen LogP contribution in [0.25, 0.3) is 0 Å². The number of carbonyl (C=O) groups is 1. The first-order valence-electron chi connectivity index (χ1n) is 8.35. The largest absolute Gasteiger partial charge is 0.380 e. The van der Waals surface area contributed by atoms with E-state index in [2.05, 4.69) is 20.2 Å². The Morgan fingerprint density at radius 2 is 2.26 bits per heavy atom. The third-order valence-corrected chi connectivity index (χ3v) is 5.05. The Morgan fingerprint density at radius 1 is 1.30 bits per heavy atom. The fraction of sp³-hybridized carbons (Fsp3) is 0.688. The average molecular weight is 318 g/mol. The number of nitrogens with zero attached hydrogens (tertiary/aromatic N) is 3. The Hall–Kier alpha value is -1.57. The van der Waals surface area contributed by atoms with Gasteiger partial charge in [-0.15, -0.1) is 0 Å². The first-order valence-corrected chi connectivity index (χ1v) is 8.35. The summed E-state index contributed by atoms with van der Waals surface area (Å²) in [4.78, 5) is 22.9. The summed E-state index contributed by atoms with van der Waals surface area (Å²) in [5.41, 5.74) is 0.350. The van der Waals surface area contributed by atoms with Crippen LogP contribution in [-0.2, 0) is 9.47 Å². The smallest absolute Gasteiger partial charge is 0.271 e. The van der Waals surface area contributed by atoms with Gasteiger partial charge in [-0.25, -0.2) is 4.98 Å². The summed E-state index contributed by atoms with van der Waals surface area (Å²) in [6.07, 6.45) is 7.92. The zero-order chi connectivity index (χ0) is 15.6. The van der Waals surface area contributed by atoms with Crippen molar-refractivity contribution in [1.82, 2.24) is 20.2 Å². The Bertz CT molecular complexity index is 550. The minimum atomic E-state index is -0.180. The molecule has 1 amide bonds. The Morgan fingerprint density at radius 3 is 3.04 bits per heavy atom. The molecule has 7 nitrogen and oxygen atoms in total. The van der Waals surface area contributed by atoms with Crippen molar-refractivity contribution in [2.24, 2.45) is 0 Å². The molecule has 1 aromatic rings. The Labute approximate surface area is 135 Å². The molecule has 0 aliphatic carbocycles. The topological polar surface area (TPSA) is 76.6 Å². The van der Waals surface area contributed by atoms with Gasteiger partial charge in [0.2, 0.25) is 0 Å². The van der Waals surface area contributed by atoms with Gasteiger partial charge < -0.3 is 14.8 Å². The van der Waals surface area contributed by atoms with Gasteiger partial charge in [-0.1, -0.05) is 0 Å². The molecule has 0 saturated carbocycles. The summed E-state index contributed by atoms with van der Waals surface area (Å²) in [5.74, 6) is -0.180. The zero-order valence-corrected chi connectivity index (χ0v) is 13.1. The second-order valence-corrected chi connectivity index (χ2v) is 6.43. The van der Waals surface area contributed by atoms with Crippen LogP contribution in [0, 0.1) is 0 Å². The van der Waals surface area contributed by atoms with E-state index in [0.717, 1.165) is 45.6 Å². The number of rotatable bonds is 3. The molecule has 3 aliphatic heterocycles. The van der Waals surface area contributed by atoms with Crippen LogP contribution in [0.15, 0.2) is 18.6 Å². The van der Waals surface area contributed by atoms with Gasteiger partial charge in [-0.3, -0.25) is 14.7 Å². The molecule has 0 aromatic carbocycles. The number of likely N-dealkylation sites (tertiary alicyclic amines) is 1. The lowest BCUT2D eigenvalue weighted by atomic mass is 10.00. The molecule has 1 unspecified atom stereocenters. The molecule has 4 heterocycles. The van der Waals surface area contributed by atoms with Gasteiger partial charge in [0.25, 0.3) is 5.91 Å². The van der Waals surface area contributed by atoms with Gasteiger partial charge in [-0.05, 0) is 19.3 Å². The molecule has 0 bridgehead atoms. The van der Waals surface area contributed by atoms with Crippen LogP contribution in [-0.4, -0.2) is 71.4 Å². The van der Waals surface area contributed by atoms with Gasteiger partial charge in [0, 0.05) is 44.2 Å². The molecule has 124 valence electrons. The molecule has 7 heteroatoms. The van der Waals surface area contributed by atoms with E-state index >= 15 is 0 Å². The molecular weight excluding hydrogens is 296 g/mol. The van der Waals surface area contributed by atoms with E-state index < -0.39 is 0 Å². The summed E-state index contributed by atoms with van der Waals surface area (Å²) in [6.45, 7) is 3.20. The van der Waals surface area contributed by atoms with E-state index in [9.17, 15) is 4.79 Å². The predicted molar refractivity (Wildman–Crippen MR) is 82.0 cm³/mol. The van der Waals surface area contributed by atoms with Crippen molar-refractivity contribution >= 4 is 5.91 Å². The molecule has 23 heavy (non-hydrogen) atoms. The van der Waals surface area contributed by atoms with Crippen LogP contribution in [0.4, 0.5) is 0 Å². The molecule has 0 radical (unpaired) electrons. The molecular formula is C16H22N4O3. The van der Waals surface area contributed by atoms with E-state index in [1.54, 1.807) is 6.20 Å². The molecule has 4 atom stereocenters. The highest BCUT2D eigenvalue weighted by Crippen LogP contribution is 2.32. The number of hydrogen-bond acceptors (Lipinski definition) is 6. The van der Waals surface area contributed by atoms with Crippen LogP contribution < -0.4 is 5.32 Å². The monoisotopic (exact) mass is 318 g/mol. The quantitative estimate of drug-likeness (QED) is 0.859. The van der Waals surface area contributed by atoms with Gasteiger partial charge in [0.15, 0.2) is 0 Å². The number of hydrogen-bond donors (Lipinski definition) is 1. The first kappa shape index (κ1) is 15.0.